The van der Waals surface area contributed by atoms with Crippen molar-refractivity contribution in [2.75, 3.05) is 0 Å². The van der Waals surface area contributed by atoms with Gasteiger partial charge in [0.2, 0.25) is 0 Å². The van der Waals surface area contributed by atoms with Crippen molar-refractivity contribution in [3.05, 3.63) is 52.1 Å². The minimum absolute atomic E-state index is 0.0314. The lowest BCUT2D eigenvalue weighted by Gasteiger charge is -2.30. The van der Waals surface area contributed by atoms with Crippen LogP contribution in [0.3, 0.4) is 0 Å². The van der Waals surface area contributed by atoms with E-state index in [0.717, 1.165) is 0 Å². The lowest BCUT2D eigenvalue weighted by atomic mass is 9.72. The van der Waals surface area contributed by atoms with E-state index in [4.69, 9.17) is 11.6 Å². The average molecular weight is 323 g/mol. The molecule has 1 aliphatic carbocycles. The minimum atomic E-state index is -1.42. The summed E-state index contributed by atoms with van der Waals surface area (Å²) in [6.45, 7) is 1.65. The second-order valence-electron chi connectivity index (χ2n) is 5.45. The zero-order valence-corrected chi connectivity index (χ0v) is 12.6. The molecule has 0 heterocycles. The van der Waals surface area contributed by atoms with Crippen molar-refractivity contribution in [1.29, 1.82) is 0 Å². The Morgan fingerprint density at radius 1 is 1.32 bits per heavy atom. The van der Waals surface area contributed by atoms with Gasteiger partial charge in [0.1, 0.15) is 5.75 Å². The van der Waals surface area contributed by atoms with Crippen molar-refractivity contribution in [2.45, 2.75) is 19.8 Å². The normalized spacial score (nSPS) is 21.0. The van der Waals surface area contributed by atoms with Crippen molar-refractivity contribution < 1.29 is 24.9 Å². The van der Waals surface area contributed by atoms with Crippen LogP contribution in [0.5, 0.6) is 5.75 Å². The number of aliphatic carboxylic acids is 2. The van der Waals surface area contributed by atoms with Crippen LogP contribution in [0.2, 0.25) is 5.02 Å². The van der Waals surface area contributed by atoms with Crippen molar-refractivity contribution in [2.24, 2.45) is 5.41 Å². The lowest BCUT2D eigenvalue weighted by molar-refractivity contribution is -0.146. The van der Waals surface area contributed by atoms with Crippen LogP contribution < -0.4 is 0 Å². The van der Waals surface area contributed by atoms with E-state index < -0.39 is 17.4 Å². The number of hydrogen-bond acceptors (Lipinski definition) is 3. The van der Waals surface area contributed by atoms with Crippen LogP contribution in [0, 0.1) is 5.41 Å². The number of carboxylic acid groups (broad SMARTS) is 2. The fraction of sp³-hybridized carbons (Fsp3) is 0.250. The molecular formula is C16H15ClO5. The maximum atomic E-state index is 11.8. The molecule has 1 atom stereocenters. The highest BCUT2D eigenvalue weighted by Gasteiger charge is 2.41. The molecule has 1 aromatic carbocycles. The second-order valence-corrected chi connectivity index (χ2v) is 5.89. The summed E-state index contributed by atoms with van der Waals surface area (Å²) >= 11 is 5.89. The predicted octanol–water partition coefficient (Wildman–Crippen LogP) is 3.02. The fourth-order valence-electron chi connectivity index (χ4n) is 2.69. The predicted molar refractivity (Wildman–Crippen MR) is 81.0 cm³/mol. The van der Waals surface area contributed by atoms with Gasteiger partial charge in [-0.2, -0.15) is 0 Å². The summed E-state index contributed by atoms with van der Waals surface area (Å²) < 4.78 is 0. The number of carbonyl (C=O) groups is 2. The summed E-state index contributed by atoms with van der Waals surface area (Å²) in [4.78, 5) is 23.0. The monoisotopic (exact) mass is 322 g/mol. The summed E-state index contributed by atoms with van der Waals surface area (Å²) in [6, 6.07) is 4.38. The van der Waals surface area contributed by atoms with Crippen LogP contribution in [0.1, 0.15) is 18.9 Å². The molecular weight excluding hydrogens is 308 g/mol. The van der Waals surface area contributed by atoms with E-state index in [1.54, 1.807) is 6.92 Å². The Morgan fingerprint density at radius 2 is 2.00 bits per heavy atom. The lowest BCUT2D eigenvalue weighted by Crippen LogP contribution is -2.35. The first kappa shape index (κ1) is 16.1. The Bertz CT molecular complexity index is 704. The molecule has 1 aliphatic rings. The molecule has 0 fully saturated rings. The number of halogens is 1. The van der Waals surface area contributed by atoms with Crippen molar-refractivity contribution in [3.8, 4) is 5.75 Å². The smallest absolute Gasteiger partial charge is 0.331 e. The topological polar surface area (TPSA) is 94.8 Å². The molecule has 0 radical (unpaired) electrons. The van der Waals surface area contributed by atoms with Crippen LogP contribution in [0.25, 0.3) is 0 Å². The molecule has 0 amide bonds. The van der Waals surface area contributed by atoms with E-state index in [-0.39, 0.29) is 24.2 Å². The first-order valence-electron chi connectivity index (χ1n) is 6.57. The van der Waals surface area contributed by atoms with Gasteiger partial charge in [-0.1, -0.05) is 23.3 Å². The van der Waals surface area contributed by atoms with E-state index in [1.807, 2.05) is 0 Å². The molecule has 2 rings (SSSR count). The summed E-state index contributed by atoms with van der Waals surface area (Å²) in [5, 5.41) is 29.1. The number of allylic oxidation sites excluding steroid dienone is 2. The third-order valence-corrected chi connectivity index (χ3v) is 3.89. The van der Waals surface area contributed by atoms with Crippen LogP contribution in [-0.2, 0) is 16.0 Å². The highest BCUT2D eigenvalue weighted by atomic mass is 35.5. The SMILES string of the molecule is CC1=CC(Cc2cc(Cl)ccc2O)(C(=O)O)CC(C(=O)O)=C1. The first-order chi connectivity index (χ1) is 10.2. The molecule has 0 saturated carbocycles. The van der Waals surface area contributed by atoms with Gasteiger partial charge in [-0.05, 0) is 49.6 Å². The molecule has 0 bridgehead atoms. The zero-order valence-electron chi connectivity index (χ0n) is 11.8. The van der Waals surface area contributed by atoms with Crippen LogP contribution in [0.15, 0.2) is 41.5 Å². The van der Waals surface area contributed by atoms with E-state index in [9.17, 15) is 24.9 Å². The van der Waals surface area contributed by atoms with E-state index in [0.29, 0.717) is 16.2 Å². The minimum Gasteiger partial charge on any atom is -0.508 e. The Labute approximate surface area is 132 Å². The molecule has 0 aliphatic heterocycles. The Morgan fingerprint density at radius 3 is 2.59 bits per heavy atom. The number of phenolic OH excluding ortho intramolecular Hbond substituents is 1. The maximum Gasteiger partial charge on any atom is 0.331 e. The molecule has 22 heavy (non-hydrogen) atoms. The standard InChI is InChI=1S/C16H15ClO5/c1-9-4-11(14(19)20)8-16(6-9,15(21)22)7-10-5-12(17)2-3-13(10)18/h2-6,18H,7-8H2,1H3,(H,19,20)(H,21,22). The first-order valence-corrected chi connectivity index (χ1v) is 6.95. The average Bonchev–Trinajstić information content (AvgIpc) is 2.42. The molecule has 3 N–H and O–H groups in total. The third kappa shape index (κ3) is 3.14. The summed E-state index contributed by atoms with van der Waals surface area (Å²) in [6.07, 6.45) is 2.79. The molecule has 1 aromatic rings. The maximum absolute atomic E-state index is 11.8. The second kappa shape index (κ2) is 5.85. The van der Waals surface area contributed by atoms with Gasteiger partial charge in [0, 0.05) is 10.6 Å². The quantitative estimate of drug-likeness (QED) is 0.792. The molecule has 5 nitrogen and oxygen atoms in total. The van der Waals surface area contributed by atoms with Crippen LogP contribution in [0.4, 0.5) is 0 Å². The zero-order chi connectivity index (χ0) is 16.5. The number of aromatic hydroxyl groups is 1. The van der Waals surface area contributed by atoms with Crippen LogP contribution in [-0.4, -0.2) is 27.3 Å². The van der Waals surface area contributed by atoms with E-state index >= 15 is 0 Å². The Hall–Kier alpha value is -2.27. The summed E-state index contributed by atoms with van der Waals surface area (Å²) in [7, 11) is 0. The number of rotatable bonds is 4. The number of benzene rings is 1. The van der Waals surface area contributed by atoms with Gasteiger partial charge in [-0.3, -0.25) is 4.79 Å². The van der Waals surface area contributed by atoms with Gasteiger partial charge in [0.25, 0.3) is 0 Å². The van der Waals surface area contributed by atoms with Gasteiger partial charge in [0.15, 0.2) is 0 Å². The molecule has 0 saturated heterocycles. The van der Waals surface area contributed by atoms with Crippen LogP contribution >= 0.6 is 11.6 Å². The molecule has 116 valence electrons. The van der Waals surface area contributed by atoms with Crippen molar-refractivity contribution in [3.63, 3.8) is 0 Å². The highest BCUT2D eigenvalue weighted by Crippen LogP contribution is 2.40. The number of carboxylic acids is 2. The fourth-order valence-corrected chi connectivity index (χ4v) is 2.89. The van der Waals surface area contributed by atoms with Gasteiger partial charge in [0.05, 0.1) is 5.41 Å². The van der Waals surface area contributed by atoms with Gasteiger partial charge in [-0.25, -0.2) is 4.79 Å². The Balaban J connectivity index is 2.47. The van der Waals surface area contributed by atoms with Gasteiger partial charge < -0.3 is 15.3 Å². The molecule has 1 unspecified atom stereocenters. The van der Waals surface area contributed by atoms with E-state index in [1.165, 1.54) is 30.4 Å². The molecule has 0 spiro atoms. The summed E-state index contributed by atoms with van der Waals surface area (Å²) in [5.41, 5.74) is -0.462. The van der Waals surface area contributed by atoms with E-state index in [2.05, 4.69) is 0 Å². The van der Waals surface area contributed by atoms with Gasteiger partial charge >= 0.3 is 11.9 Å². The Kier molecular flexibility index (Phi) is 4.28. The molecule has 6 heteroatoms. The third-order valence-electron chi connectivity index (χ3n) is 3.66. The number of hydrogen-bond donors (Lipinski definition) is 3. The van der Waals surface area contributed by atoms with Gasteiger partial charge in [-0.15, -0.1) is 0 Å². The molecule has 0 aromatic heterocycles. The highest BCUT2D eigenvalue weighted by molar-refractivity contribution is 6.30. The largest absolute Gasteiger partial charge is 0.508 e. The van der Waals surface area contributed by atoms with Crippen molar-refractivity contribution >= 4 is 23.5 Å². The number of phenols is 1. The summed E-state index contributed by atoms with van der Waals surface area (Å²) in [5.74, 6) is -2.35. The van der Waals surface area contributed by atoms with Crippen molar-refractivity contribution in [1.82, 2.24) is 0 Å².